The summed E-state index contributed by atoms with van der Waals surface area (Å²) in [5.41, 5.74) is 2.60. The number of rotatable bonds is 4. The third-order valence-electron chi connectivity index (χ3n) is 4.56. The lowest BCUT2D eigenvalue weighted by molar-refractivity contribution is 0.509. The number of H-pyrrole nitrogens is 1. The fourth-order valence-electron chi connectivity index (χ4n) is 3.30. The van der Waals surface area contributed by atoms with Gasteiger partial charge < -0.3 is 4.98 Å². The molecule has 0 saturated carbocycles. The molecule has 0 saturated heterocycles. The van der Waals surface area contributed by atoms with Crippen LogP contribution < -0.4 is 5.56 Å². The first-order valence-electron chi connectivity index (χ1n) is 8.36. The van der Waals surface area contributed by atoms with Crippen molar-refractivity contribution >= 4 is 33.3 Å². The fourth-order valence-corrected chi connectivity index (χ4v) is 5.56. The molecule has 0 radical (unpaired) electrons. The van der Waals surface area contributed by atoms with E-state index in [0.717, 1.165) is 40.4 Å². The molecule has 1 N–H and O–H groups in total. The minimum Gasteiger partial charge on any atom is -0.309 e. The van der Waals surface area contributed by atoms with Gasteiger partial charge in [0.15, 0.2) is 0 Å². The molecule has 5 heteroatoms. The number of aromatic nitrogens is 2. The third kappa shape index (κ3) is 3.15. The van der Waals surface area contributed by atoms with E-state index in [1.165, 1.54) is 22.4 Å². The van der Waals surface area contributed by atoms with Crippen LogP contribution in [0.15, 0.2) is 35.1 Å². The second-order valence-electron chi connectivity index (χ2n) is 6.52. The van der Waals surface area contributed by atoms with E-state index in [9.17, 15) is 4.79 Å². The highest BCUT2D eigenvalue weighted by Crippen LogP contribution is 2.35. The van der Waals surface area contributed by atoms with Crippen molar-refractivity contribution in [2.24, 2.45) is 5.92 Å². The van der Waals surface area contributed by atoms with Crippen molar-refractivity contribution < 1.29 is 0 Å². The summed E-state index contributed by atoms with van der Waals surface area (Å²) in [6, 6.07) is 10.4. The van der Waals surface area contributed by atoms with Crippen molar-refractivity contribution in [3.05, 3.63) is 62.5 Å². The minimum atomic E-state index is 0.0439. The molecule has 1 aromatic carbocycles. The van der Waals surface area contributed by atoms with E-state index < -0.39 is 0 Å². The van der Waals surface area contributed by atoms with Gasteiger partial charge in [-0.2, -0.15) is 0 Å². The van der Waals surface area contributed by atoms with Gasteiger partial charge in [0.2, 0.25) is 0 Å². The Labute approximate surface area is 149 Å². The topological polar surface area (TPSA) is 45.8 Å². The molecule has 0 aliphatic heterocycles. The molecule has 3 nitrogen and oxygen atoms in total. The van der Waals surface area contributed by atoms with E-state index >= 15 is 0 Å². The highest BCUT2D eigenvalue weighted by molar-refractivity contribution is 7.97. The Morgan fingerprint density at radius 1 is 1.29 bits per heavy atom. The van der Waals surface area contributed by atoms with Gasteiger partial charge in [0.05, 0.1) is 11.1 Å². The highest BCUT2D eigenvalue weighted by Gasteiger charge is 2.22. The Balaban J connectivity index is 1.56. The first kappa shape index (κ1) is 15.9. The van der Waals surface area contributed by atoms with E-state index in [1.807, 2.05) is 6.07 Å². The van der Waals surface area contributed by atoms with E-state index in [2.05, 4.69) is 36.2 Å². The number of thioether (sulfide) groups is 1. The Bertz CT molecular complexity index is 914. The van der Waals surface area contributed by atoms with Crippen LogP contribution in [0.3, 0.4) is 0 Å². The SMILES string of the molecule is C[C@@H]1CCc2c(sc3nc(CSCc4ccccc4)[nH]c(=O)c23)C1. The maximum atomic E-state index is 12.5. The number of hydrogen-bond acceptors (Lipinski definition) is 4. The molecular formula is C19H20N2OS2. The van der Waals surface area contributed by atoms with Crippen molar-refractivity contribution in [1.82, 2.24) is 9.97 Å². The number of aromatic amines is 1. The van der Waals surface area contributed by atoms with Gasteiger partial charge in [0.1, 0.15) is 10.7 Å². The lowest BCUT2D eigenvalue weighted by atomic mass is 9.89. The Kier molecular flexibility index (Phi) is 4.46. The van der Waals surface area contributed by atoms with Crippen LogP contribution in [-0.4, -0.2) is 9.97 Å². The van der Waals surface area contributed by atoms with Crippen LogP contribution in [0.1, 0.15) is 35.2 Å². The molecule has 3 aromatic rings. The number of hydrogen-bond donors (Lipinski definition) is 1. The standard InChI is InChI=1S/C19H20N2OS2/c1-12-7-8-14-15(9-12)24-19-17(14)18(22)20-16(21-19)11-23-10-13-5-3-2-4-6-13/h2-6,12H,7-11H2,1H3,(H,20,21,22)/t12-/m1/s1. The summed E-state index contributed by atoms with van der Waals surface area (Å²) in [7, 11) is 0. The second-order valence-corrected chi connectivity index (χ2v) is 8.59. The van der Waals surface area contributed by atoms with E-state index in [-0.39, 0.29) is 5.56 Å². The molecule has 0 unspecified atom stereocenters. The first-order valence-corrected chi connectivity index (χ1v) is 10.3. The van der Waals surface area contributed by atoms with Crippen molar-refractivity contribution in [3.63, 3.8) is 0 Å². The number of thiophene rings is 1. The zero-order valence-corrected chi connectivity index (χ0v) is 15.3. The highest BCUT2D eigenvalue weighted by atomic mass is 32.2. The molecular weight excluding hydrogens is 336 g/mol. The van der Waals surface area contributed by atoms with Gasteiger partial charge in [0.25, 0.3) is 5.56 Å². The lowest BCUT2D eigenvalue weighted by Crippen LogP contribution is -2.14. The van der Waals surface area contributed by atoms with E-state index in [1.54, 1.807) is 23.1 Å². The molecule has 0 amide bonds. The number of benzene rings is 1. The van der Waals surface area contributed by atoms with Crippen LogP contribution in [0.5, 0.6) is 0 Å². The van der Waals surface area contributed by atoms with Gasteiger partial charge in [-0.25, -0.2) is 4.98 Å². The molecule has 1 aliphatic carbocycles. The fraction of sp³-hybridized carbons (Fsp3) is 0.368. The summed E-state index contributed by atoms with van der Waals surface area (Å²) in [5, 5.41) is 0.846. The summed E-state index contributed by atoms with van der Waals surface area (Å²) in [4.78, 5) is 22.6. The maximum absolute atomic E-state index is 12.5. The van der Waals surface area contributed by atoms with Gasteiger partial charge in [-0.15, -0.1) is 23.1 Å². The quantitative estimate of drug-likeness (QED) is 0.746. The summed E-state index contributed by atoms with van der Waals surface area (Å²) >= 11 is 3.51. The number of nitrogens with one attached hydrogen (secondary N) is 1. The molecule has 124 valence electrons. The largest absolute Gasteiger partial charge is 0.309 e. The summed E-state index contributed by atoms with van der Waals surface area (Å²) in [6.45, 7) is 2.29. The van der Waals surface area contributed by atoms with Gasteiger partial charge >= 0.3 is 0 Å². The number of aryl methyl sites for hydroxylation is 1. The van der Waals surface area contributed by atoms with E-state index in [4.69, 9.17) is 4.98 Å². The average molecular weight is 357 g/mol. The molecule has 24 heavy (non-hydrogen) atoms. The van der Waals surface area contributed by atoms with Crippen LogP contribution in [0, 0.1) is 5.92 Å². The monoisotopic (exact) mass is 356 g/mol. The lowest BCUT2D eigenvalue weighted by Gasteiger charge is -2.17. The summed E-state index contributed by atoms with van der Waals surface area (Å²) in [6.07, 6.45) is 3.28. The van der Waals surface area contributed by atoms with Crippen LogP contribution in [-0.2, 0) is 24.3 Å². The second kappa shape index (κ2) is 6.73. The van der Waals surface area contributed by atoms with Crippen molar-refractivity contribution in [1.29, 1.82) is 0 Å². The molecule has 0 spiro atoms. The van der Waals surface area contributed by atoms with Crippen molar-refractivity contribution in [2.75, 3.05) is 0 Å². The molecule has 2 aromatic heterocycles. The first-order chi connectivity index (χ1) is 11.7. The summed E-state index contributed by atoms with van der Waals surface area (Å²) < 4.78 is 0. The van der Waals surface area contributed by atoms with E-state index in [0.29, 0.717) is 5.92 Å². The van der Waals surface area contributed by atoms with Gasteiger partial charge in [0, 0.05) is 10.6 Å². The zero-order valence-electron chi connectivity index (χ0n) is 13.7. The number of nitrogens with zero attached hydrogens (tertiary/aromatic N) is 1. The van der Waals surface area contributed by atoms with Gasteiger partial charge in [-0.3, -0.25) is 4.79 Å². The van der Waals surface area contributed by atoms with Crippen LogP contribution in [0.2, 0.25) is 0 Å². The maximum Gasteiger partial charge on any atom is 0.259 e. The minimum absolute atomic E-state index is 0.0439. The van der Waals surface area contributed by atoms with Crippen LogP contribution in [0.25, 0.3) is 10.2 Å². The van der Waals surface area contributed by atoms with Gasteiger partial charge in [-0.05, 0) is 36.3 Å². The molecule has 1 atom stereocenters. The Morgan fingerprint density at radius 3 is 2.96 bits per heavy atom. The van der Waals surface area contributed by atoms with Crippen molar-refractivity contribution in [2.45, 2.75) is 37.7 Å². The zero-order chi connectivity index (χ0) is 16.5. The molecule has 0 bridgehead atoms. The number of fused-ring (bicyclic) bond motifs is 3. The van der Waals surface area contributed by atoms with Crippen LogP contribution >= 0.6 is 23.1 Å². The Morgan fingerprint density at radius 2 is 2.12 bits per heavy atom. The third-order valence-corrected chi connectivity index (χ3v) is 6.73. The molecule has 4 rings (SSSR count). The average Bonchev–Trinajstić information content (AvgIpc) is 2.93. The smallest absolute Gasteiger partial charge is 0.259 e. The van der Waals surface area contributed by atoms with Crippen molar-refractivity contribution in [3.8, 4) is 0 Å². The predicted octanol–water partition coefficient (Wildman–Crippen LogP) is 4.54. The normalized spacial score (nSPS) is 17.1. The molecule has 0 fully saturated rings. The molecule has 2 heterocycles. The van der Waals surface area contributed by atoms with Gasteiger partial charge in [-0.1, -0.05) is 37.3 Å². The predicted molar refractivity (Wildman–Crippen MR) is 103 cm³/mol. The molecule has 1 aliphatic rings. The van der Waals surface area contributed by atoms with Crippen LogP contribution in [0.4, 0.5) is 0 Å². The summed E-state index contributed by atoms with van der Waals surface area (Å²) in [5.74, 6) is 3.17. The Hall–Kier alpha value is -1.59.